The molecule has 5 rings (SSSR count). The van der Waals surface area contributed by atoms with Gasteiger partial charge in [-0.25, -0.2) is 4.79 Å². The number of hydrogen-bond donors (Lipinski definition) is 1. The minimum Gasteiger partial charge on any atom is -0.450 e. The van der Waals surface area contributed by atoms with Gasteiger partial charge in [0, 0.05) is 37.0 Å². The van der Waals surface area contributed by atoms with Crippen LogP contribution in [0.15, 0.2) is 24.5 Å². The van der Waals surface area contributed by atoms with Crippen LogP contribution in [0.1, 0.15) is 96.5 Å². The molecule has 4 bridgehead atoms. The molecule has 38 heavy (non-hydrogen) atoms. The van der Waals surface area contributed by atoms with E-state index in [0.29, 0.717) is 17.8 Å². The number of rotatable bonds is 16. The number of alkyl carbamates (subject to hydrolysis) is 1. The van der Waals surface area contributed by atoms with Gasteiger partial charge >= 0.3 is 6.09 Å². The molecule has 4 aliphatic carbocycles. The second-order valence-corrected chi connectivity index (χ2v) is 13.3. The Bertz CT molecular complexity index is 845. The van der Waals surface area contributed by atoms with E-state index in [4.69, 9.17) is 4.74 Å². The van der Waals surface area contributed by atoms with Crippen molar-refractivity contribution >= 4 is 23.8 Å². The molecule has 4 saturated carbocycles. The first-order valence-corrected chi connectivity index (χ1v) is 16.3. The van der Waals surface area contributed by atoms with Gasteiger partial charge < -0.3 is 15.0 Å². The highest BCUT2D eigenvalue weighted by Crippen LogP contribution is 2.61. The zero-order chi connectivity index (χ0) is 26.8. The average molecular weight is 544 g/mol. The van der Waals surface area contributed by atoms with Crippen LogP contribution in [0.4, 0.5) is 4.79 Å². The van der Waals surface area contributed by atoms with Gasteiger partial charge in [-0.1, -0.05) is 33.1 Å². The van der Waals surface area contributed by atoms with E-state index in [1.807, 2.05) is 12.1 Å². The monoisotopic (exact) mass is 543 g/mol. The molecule has 4 fully saturated rings. The molecule has 6 nitrogen and oxygen atoms in total. The molecule has 1 unspecified atom stereocenters. The van der Waals surface area contributed by atoms with E-state index in [9.17, 15) is 9.59 Å². The maximum atomic E-state index is 14.0. The molecule has 0 aromatic carbocycles. The third-order valence-electron chi connectivity index (χ3n) is 9.04. The fourth-order valence-corrected chi connectivity index (χ4v) is 8.52. The summed E-state index contributed by atoms with van der Waals surface area (Å²) in [6.07, 6.45) is 17.7. The standard InChI is InChI=1S/C31H49N3O3S/c1-3-5-7-13-34(14-10-31-19-25-16-26(20-31)18-27(17-25)21-31)29(35)28(33-30(36)37-15-6-4-2)23-38-22-24-8-11-32-12-9-24/h8-9,11-12,25-28H,3-7,10,13-23H2,1-2H3,(H,33,36). The van der Waals surface area contributed by atoms with E-state index in [1.165, 1.54) is 44.1 Å². The van der Waals surface area contributed by atoms with Crippen molar-refractivity contribution in [3.8, 4) is 0 Å². The Morgan fingerprint density at radius 1 is 1.03 bits per heavy atom. The lowest BCUT2D eigenvalue weighted by molar-refractivity contribution is -0.134. The molecule has 0 saturated heterocycles. The van der Waals surface area contributed by atoms with Gasteiger partial charge in [-0.3, -0.25) is 9.78 Å². The smallest absolute Gasteiger partial charge is 0.407 e. The summed E-state index contributed by atoms with van der Waals surface area (Å²) in [6, 6.07) is 3.42. The first-order chi connectivity index (χ1) is 18.5. The van der Waals surface area contributed by atoms with Gasteiger partial charge in [0.25, 0.3) is 0 Å². The number of hydrogen-bond acceptors (Lipinski definition) is 5. The Balaban J connectivity index is 1.40. The number of carbonyl (C=O) groups excluding carboxylic acids is 2. The van der Waals surface area contributed by atoms with Crippen molar-refractivity contribution in [3.63, 3.8) is 0 Å². The van der Waals surface area contributed by atoms with Crippen LogP contribution in [0, 0.1) is 23.2 Å². The van der Waals surface area contributed by atoms with Gasteiger partial charge in [-0.2, -0.15) is 11.8 Å². The SMILES string of the molecule is CCCCCN(CCC12CC3CC(CC(C3)C1)C2)C(=O)C(CSCc1ccncc1)NC(=O)OCCCC. The predicted molar refractivity (Wildman–Crippen MR) is 155 cm³/mol. The molecule has 2 amide bonds. The molecular formula is C31H49N3O3S. The Morgan fingerprint density at radius 3 is 2.32 bits per heavy atom. The Kier molecular flexibility index (Phi) is 11.2. The van der Waals surface area contributed by atoms with Crippen molar-refractivity contribution < 1.29 is 14.3 Å². The maximum Gasteiger partial charge on any atom is 0.407 e. The molecule has 1 N–H and O–H groups in total. The number of carbonyl (C=O) groups is 2. The Hall–Kier alpha value is -1.76. The maximum absolute atomic E-state index is 14.0. The molecule has 1 atom stereocenters. The summed E-state index contributed by atoms with van der Waals surface area (Å²) in [5, 5.41) is 2.94. The largest absolute Gasteiger partial charge is 0.450 e. The van der Waals surface area contributed by atoms with Crippen LogP contribution in [0.2, 0.25) is 0 Å². The van der Waals surface area contributed by atoms with E-state index in [1.54, 1.807) is 24.2 Å². The van der Waals surface area contributed by atoms with Gasteiger partial charge in [0.05, 0.1) is 6.61 Å². The molecule has 0 aliphatic heterocycles. The number of aromatic nitrogens is 1. The van der Waals surface area contributed by atoms with Crippen LogP contribution < -0.4 is 5.32 Å². The summed E-state index contributed by atoms with van der Waals surface area (Å²) < 4.78 is 5.39. The first-order valence-electron chi connectivity index (χ1n) is 15.2. The van der Waals surface area contributed by atoms with Crippen molar-refractivity contribution in [2.24, 2.45) is 23.2 Å². The molecular weight excluding hydrogens is 494 g/mol. The highest BCUT2D eigenvalue weighted by Gasteiger charge is 2.50. The lowest BCUT2D eigenvalue weighted by Crippen LogP contribution is -2.52. The minimum atomic E-state index is -0.575. The van der Waals surface area contributed by atoms with E-state index in [-0.39, 0.29) is 5.91 Å². The Labute approximate surface area is 234 Å². The highest BCUT2D eigenvalue weighted by atomic mass is 32.2. The topological polar surface area (TPSA) is 71.5 Å². The number of nitrogens with one attached hydrogen (secondary N) is 1. The fourth-order valence-electron chi connectivity index (χ4n) is 7.52. The van der Waals surface area contributed by atoms with Crippen LogP contribution in [-0.2, 0) is 15.3 Å². The third-order valence-corrected chi connectivity index (χ3v) is 10.2. The number of amides is 2. The van der Waals surface area contributed by atoms with Gasteiger partial charge in [0.2, 0.25) is 5.91 Å². The molecule has 1 aromatic heterocycles. The lowest BCUT2D eigenvalue weighted by Gasteiger charge is -2.57. The summed E-state index contributed by atoms with van der Waals surface area (Å²) in [6.45, 7) is 6.25. The van der Waals surface area contributed by atoms with E-state index < -0.39 is 12.1 Å². The van der Waals surface area contributed by atoms with Crippen LogP contribution in [-0.4, -0.2) is 53.4 Å². The fraction of sp³-hybridized carbons (Fsp3) is 0.774. The third kappa shape index (κ3) is 8.37. The summed E-state index contributed by atoms with van der Waals surface area (Å²) in [7, 11) is 0. The zero-order valence-electron chi connectivity index (χ0n) is 23.7. The minimum absolute atomic E-state index is 0.0560. The molecule has 7 heteroatoms. The lowest BCUT2D eigenvalue weighted by atomic mass is 9.49. The number of nitrogens with zero attached hydrogens (tertiary/aromatic N) is 2. The van der Waals surface area contributed by atoms with Gasteiger partial charge in [-0.05, 0) is 98.7 Å². The van der Waals surface area contributed by atoms with Crippen LogP contribution >= 0.6 is 11.8 Å². The zero-order valence-corrected chi connectivity index (χ0v) is 24.5. The number of ether oxygens (including phenoxy) is 1. The molecule has 0 radical (unpaired) electrons. The summed E-state index contributed by atoms with van der Waals surface area (Å²) in [4.78, 5) is 32.8. The van der Waals surface area contributed by atoms with Crippen molar-refractivity contribution in [1.82, 2.24) is 15.2 Å². The summed E-state index contributed by atoms with van der Waals surface area (Å²) >= 11 is 1.68. The highest BCUT2D eigenvalue weighted by molar-refractivity contribution is 7.98. The molecule has 1 heterocycles. The second kappa shape index (κ2) is 14.6. The van der Waals surface area contributed by atoms with Crippen molar-refractivity contribution in [3.05, 3.63) is 30.1 Å². The second-order valence-electron chi connectivity index (χ2n) is 12.3. The molecule has 212 valence electrons. The number of pyridine rings is 1. The van der Waals surface area contributed by atoms with E-state index >= 15 is 0 Å². The normalized spacial score (nSPS) is 26.2. The molecule has 4 aliphatic rings. The Morgan fingerprint density at radius 2 is 1.68 bits per heavy atom. The van der Waals surface area contributed by atoms with Crippen LogP contribution in [0.5, 0.6) is 0 Å². The first kappa shape index (κ1) is 29.2. The van der Waals surface area contributed by atoms with Crippen molar-refractivity contribution in [1.29, 1.82) is 0 Å². The van der Waals surface area contributed by atoms with Crippen molar-refractivity contribution in [2.45, 2.75) is 103 Å². The number of thioether (sulfide) groups is 1. The van der Waals surface area contributed by atoms with Gasteiger partial charge in [-0.15, -0.1) is 0 Å². The number of unbranched alkanes of at least 4 members (excludes halogenated alkanes) is 3. The van der Waals surface area contributed by atoms with Crippen LogP contribution in [0.25, 0.3) is 0 Å². The molecule has 0 spiro atoms. The average Bonchev–Trinajstić information content (AvgIpc) is 2.90. The van der Waals surface area contributed by atoms with Crippen molar-refractivity contribution in [2.75, 3.05) is 25.4 Å². The van der Waals surface area contributed by atoms with Gasteiger partial charge in [0.1, 0.15) is 6.04 Å². The van der Waals surface area contributed by atoms with Gasteiger partial charge in [0.15, 0.2) is 0 Å². The molecule has 1 aromatic rings. The quantitative estimate of drug-likeness (QED) is 0.231. The van der Waals surface area contributed by atoms with E-state index in [2.05, 4.69) is 29.0 Å². The predicted octanol–water partition coefficient (Wildman–Crippen LogP) is 6.84. The van der Waals surface area contributed by atoms with Crippen LogP contribution in [0.3, 0.4) is 0 Å². The summed E-state index contributed by atoms with van der Waals surface area (Å²) in [5.41, 5.74) is 1.61. The van der Waals surface area contributed by atoms with E-state index in [0.717, 1.165) is 75.1 Å². The summed E-state index contributed by atoms with van der Waals surface area (Å²) in [5.74, 6) is 4.13.